The largest absolute Gasteiger partial charge is 0.481 e. The van der Waals surface area contributed by atoms with Crippen LogP contribution in [0, 0.1) is 19.8 Å². The van der Waals surface area contributed by atoms with Gasteiger partial charge < -0.3 is 14.6 Å². The number of carbonyl (C=O) groups excluding carboxylic acids is 1. The average molecular weight is 342 g/mol. The van der Waals surface area contributed by atoms with Crippen LogP contribution in [0.15, 0.2) is 36.4 Å². The molecule has 0 spiro atoms. The van der Waals surface area contributed by atoms with Gasteiger partial charge in [0.25, 0.3) is 5.91 Å². The fourth-order valence-corrected chi connectivity index (χ4v) is 3.25. The van der Waals surface area contributed by atoms with Crippen LogP contribution in [0.3, 0.4) is 0 Å². The highest BCUT2D eigenvalue weighted by atomic mass is 16.4. The summed E-state index contributed by atoms with van der Waals surface area (Å²) in [5.74, 6) is -1.64. The van der Waals surface area contributed by atoms with Crippen LogP contribution in [0.2, 0.25) is 0 Å². The summed E-state index contributed by atoms with van der Waals surface area (Å²) in [6, 6.07) is 12.2. The van der Waals surface area contributed by atoms with Crippen LogP contribution < -0.4 is 0 Å². The molecule has 1 aromatic heterocycles. The van der Waals surface area contributed by atoms with Crippen LogP contribution in [-0.2, 0) is 4.79 Å². The van der Waals surface area contributed by atoms with Crippen molar-refractivity contribution >= 4 is 11.9 Å². The molecule has 0 aliphatic carbocycles. The monoisotopic (exact) mass is 342 g/mol. The molecule has 1 amide bonds. The van der Waals surface area contributed by atoms with Crippen molar-refractivity contribution in [3.8, 4) is 0 Å². The van der Waals surface area contributed by atoms with Crippen molar-refractivity contribution in [1.82, 2.24) is 9.47 Å². The molecule has 1 aromatic carbocycles. The lowest BCUT2D eigenvalue weighted by atomic mass is 10.1. The molecule has 25 heavy (non-hydrogen) atoms. The highest BCUT2D eigenvalue weighted by molar-refractivity contribution is 5.95. The molecule has 0 fully saturated rings. The summed E-state index contributed by atoms with van der Waals surface area (Å²) in [6.07, 6.45) is 0. The van der Waals surface area contributed by atoms with E-state index in [9.17, 15) is 9.59 Å². The maximum absolute atomic E-state index is 12.8. The smallest absolute Gasteiger partial charge is 0.308 e. The Balaban J connectivity index is 2.30. The molecule has 0 aliphatic rings. The molecule has 0 radical (unpaired) electrons. The number of aliphatic carboxylic acids is 1. The predicted octanol–water partition coefficient (Wildman–Crippen LogP) is 3.51. The van der Waals surface area contributed by atoms with Crippen LogP contribution >= 0.6 is 0 Å². The van der Waals surface area contributed by atoms with Crippen molar-refractivity contribution in [3.05, 3.63) is 58.9 Å². The molecule has 1 N–H and O–H groups in total. The molecular weight excluding hydrogens is 316 g/mol. The maximum atomic E-state index is 12.8. The normalized spacial score (nSPS) is 13.3. The number of aryl methyl sites for hydroxylation is 1. The standard InChI is InChI=1S/C20H26N2O3/c1-13(20(24)25)12-21(5)19(23)18-11-14(2)22(16(18)4)15(3)17-9-7-6-8-10-17/h6-11,13,15H,12H2,1-5H3,(H,24,25). The van der Waals surface area contributed by atoms with Gasteiger partial charge in [0.05, 0.1) is 17.5 Å². The summed E-state index contributed by atoms with van der Waals surface area (Å²) >= 11 is 0. The van der Waals surface area contributed by atoms with E-state index in [1.165, 1.54) is 10.5 Å². The molecule has 5 nitrogen and oxygen atoms in total. The van der Waals surface area contributed by atoms with Gasteiger partial charge in [-0.3, -0.25) is 9.59 Å². The summed E-state index contributed by atoms with van der Waals surface area (Å²) in [5.41, 5.74) is 3.71. The maximum Gasteiger partial charge on any atom is 0.308 e. The van der Waals surface area contributed by atoms with Gasteiger partial charge in [0.1, 0.15) is 0 Å². The number of amides is 1. The van der Waals surface area contributed by atoms with Gasteiger partial charge in [-0.05, 0) is 32.4 Å². The third kappa shape index (κ3) is 3.92. The second kappa shape index (κ2) is 7.55. The van der Waals surface area contributed by atoms with Gasteiger partial charge in [0.2, 0.25) is 0 Å². The number of carboxylic acids is 1. The lowest BCUT2D eigenvalue weighted by Gasteiger charge is -2.21. The van der Waals surface area contributed by atoms with Gasteiger partial charge in [-0.25, -0.2) is 0 Å². The Hall–Kier alpha value is -2.56. The van der Waals surface area contributed by atoms with Crippen molar-refractivity contribution in [3.63, 3.8) is 0 Å². The van der Waals surface area contributed by atoms with Gasteiger partial charge in [-0.15, -0.1) is 0 Å². The predicted molar refractivity (Wildman–Crippen MR) is 97.9 cm³/mol. The molecule has 2 unspecified atom stereocenters. The Morgan fingerprint density at radius 2 is 1.76 bits per heavy atom. The quantitative estimate of drug-likeness (QED) is 0.874. The topological polar surface area (TPSA) is 62.5 Å². The Morgan fingerprint density at radius 3 is 2.32 bits per heavy atom. The molecule has 0 saturated heterocycles. The SMILES string of the molecule is Cc1cc(C(=O)N(C)CC(C)C(=O)O)c(C)n1C(C)c1ccccc1. The second-order valence-corrected chi connectivity index (χ2v) is 6.67. The first kappa shape index (κ1) is 18.8. The molecule has 2 atom stereocenters. The van der Waals surface area contributed by atoms with Crippen LogP contribution in [0.1, 0.15) is 47.2 Å². The number of carbonyl (C=O) groups is 2. The molecular formula is C20H26N2O3. The average Bonchev–Trinajstić information content (AvgIpc) is 2.88. The van der Waals surface area contributed by atoms with E-state index in [0.29, 0.717) is 5.56 Å². The summed E-state index contributed by atoms with van der Waals surface area (Å²) in [7, 11) is 1.65. The van der Waals surface area contributed by atoms with Crippen LogP contribution in [0.5, 0.6) is 0 Å². The van der Waals surface area contributed by atoms with Gasteiger partial charge in [-0.2, -0.15) is 0 Å². The van der Waals surface area contributed by atoms with E-state index >= 15 is 0 Å². The van der Waals surface area contributed by atoms with Crippen LogP contribution in [0.25, 0.3) is 0 Å². The fourth-order valence-electron chi connectivity index (χ4n) is 3.25. The van der Waals surface area contributed by atoms with E-state index in [1.807, 2.05) is 38.1 Å². The number of benzene rings is 1. The molecule has 2 rings (SSSR count). The van der Waals surface area contributed by atoms with E-state index in [1.54, 1.807) is 14.0 Å². The van der Waals surface area contributed by atoms with Gasteiger partial charge in [0, 0.05) is 25.0 Å². The van der Waals surface area contributed by atoms with Crippen molar-refractivity contribution in [2.45, 2.75) is 33.7 Å². The van der Waals surface area contributed by atoms with E-state index in [0.717, 1.165) is 11.4 Å². The summed E-state index contributed by atoms with van der Waals surface area (Å²) in [4.78, 5) is 25.3. The number of rotatable bonds is 6. The molecule has 0 bridgehead atoms. The second-order valence-electron chi connectivity index (χ2n) is 6.67. The summed E-state index contributed by atoms with van der Waals surface area (Å²) in [6.45, 7) is 7.83. The lowest BCUT2D eigenvalue weighted by molar-refractivity contribution is -0.141. The minimum Gasteiger partial charge on any atom is -0.481 e. The van der Waals surface area contributed by atoms with E-state index in [4.69, 9.17) is 5.11 Å². The van der Waals surface area contributed by atoms with Crippen LogP contribution in [-0.4, -0.2) is 40.0 Å². The van der Waals surface area contributed by atoms with Crippen molar-refractivity contribution in [2.24, 2.45) is 5.92 Å². The number of hydrogen-bond acceptors (Lipinski definition) is 2. The minimum atomic E-state index is -0.900. The molecule has 1 heterocycles. The highest BCUT2D eigenvalue weighted by Crippen LogP contribution is 2.26. The van der Waals surface area contributed by atoms with Crippen molar-refractivity contribution in [1.29, 1.82) is 0 Å². The first-order valence-corrected chi connectivity index (χ1v) is 8.45. The third-order valence-corrected chi connectivity index (χ3v) is 4.70. The molecule has 134 valence electrons. The zero-order valence-corrected chi connectivity index (χ0v) is 15.5. The van der Waals surface area contributed by atoms with E-state index in [2.05, 4.69) is 23.6 Å². The molecule has 2 aromatic rings. The van der Waals surface area contributed by atoms with Gasteiger partial charge in [-0.1, -0.05) is 37.3 Å². The first-order valence-electron chi connectivity index (χ1n) is 8.45. The number of aromatic nitrogens is 1. The van der Waals surface area contributed by atoms with E-state index < -0.39 is 11.9 Å². The summed E-state index contributed by atoms with van der Waals surface area (Å²) in [5, 5.41) is 9.04. The number of hydrogen-bond donors (Lipinski definition) is 1. The zero-order chi connectivity index (χ0) is 18.7. The lowest BCUT2D eigenvalue weighted by Crippen LogP contribution is -2.34. The van der Waals surface area contributed by atoms with Crippen molar-refractivity contribution in [2.75, 3.05) is 13.6 Å². The Kier molecular flexibility index (Phi) is 5.67. The molecule has 0 saturated carbocycles. The molecule has 0 aliphatic heterocycles. The van der Waals surface area contributed by atoms with Gasteiger partial charge >= 0.3 is 5.97 Å². The Labute approximate surface area is 148 Å². The third-order valence-electron chi connectivity index (χ3n) is 4.70. The Morgan fingerprint density at radius 1 is 1.16 bits per heavy atom. The highest BCUT2D eigenvalue weighted by Gasteiger charge is 2.24. The number of nitrogens with zero attached hydrogens (tertiary/aromatic N) is 2. The fraction of sp³-hybridized carbons (Fsp3) is 0.400. The first-order chi connectivity index (χ1) is 11.7. The van der Waals surface area contributed by atoms with E-state index in [-0.39, 0.29) is 18.5 Å². The molecule has 5 heteroatoms. The number of carboxylic acid groups (broad SMARTS) is 1. The van der Waals surface area contributed by atoms with Crippen molar-refractivity contribution < 1.29 is 14.7 Å². The summed E-state index contributed by atoms with van der Waals surface area (Å²) < 4.78 is 2.15. The van der Waals surface area contributed by atoms with Gasteiger partial charge in [0.15, 0.2) is 0 Å². The van der Waals surface area contributed by atoms with Crippen LogP contribution in [0.4, 0.5) is 0 Å². The zero-order valence-electron chi connectivity index (χ0n) is 15.5. The minimum absolute atomic E-state index is 0.117. The Bertz CT molecular complexity index is 765.